The number of likely N-dealkylation sites (tertiary alicyclic amines) is 1. The number of carbonyl (C=O) groups excluding carboxylic acids is 1. The van der Waals surface area contributed by atoms with Gasteiger partial charge in [0.05, 0.1) is 11.1 Å². The van der Waals surface area contributed by atoms with E-state index in [1.807, 2.05) is 0 Å². The van der Waals surface area contributed by atoms with Crippen molar-refractivity contribution >= 4 is 21.8 Å². The highest BCUT2D eigenvalue weighted by atomic mass is 79.9. The zero-order valence-corrected chi connectivity index (χ0v) is 18.1. The second-order valence-corrected chi connectivity index (χ2v) is 8.33. The second-order valence-electron chi connectivity index (χ2n) is 7.41. The predicted molar refractivity (Wildman–Crippen MR) is 107 cm³/mol. The number of benzene rings is 2. The lowest BCUT2D eigenvalue weighted by atomic mass is 10.0. The highest BCUT2D eigenvalue weighted by molar-refractivity contribution is 9.10. The lowest BCUT2D eigenvalue weighted by Gasteiger charge is -2.23. The standard InChI is InChI=1S/C21H14BrF6N3O2/c22-15-5-3-11(4-6-15)17-29-18(33-30-17)16-2-1-7-31(16)19(32)12-8-13(20(23,24)25)10-14(9-12)21(26,27)28/h3-6,8-10,16H,1-2,7H2. The monoisotopic (exact) mass is 533 g/mol. The van der Waals surface area contributed by atoms with Crippen molar-refractivity contribution in [2.24, 2.45) is 0 Å². The Morgan fingerprint density at radius 2 is 1.61 bits per heavy atom. The van der Waals surface area contributed by atoms with Crippen LogP contribution in [0, 0.1) is 0 Å². The van der Waals surface area contributed by atoms with E-state index in [1.54, 1.807) is 24.3 Å². The third-order valence-corrected chi connectivity index (χ3v) is 5.71. The molecule has 1 amide bonds. The minimum atomic E-state index is -5.05. The Hall–Kier alpha value is -2.89. The van der Waals surface area contributed by atoms with Crippen LogP contribution in [0.3, 0.4) is 0 Å². The highest BCUT2D eigenvalue weighted by Crippen LogP contribution is 2.38. The summed E-state index contributed by atoms with van der Waals surface area (Å²) in [4.78, 5) is 18.4. The van der Waals surface area contributed by atoms with Gasteiger partial charge in [0.25, 0.3) is 5.91 Å². The largest absolute Gasteiger partial charge is 0.416 e. The van der Waals surface area contributed by atoms with Crippen LogP contribution >= 0.6 is 15.9 Å². The van der Waals surface area contributed by atoms with Gasteiger partial charge in [-0.2, -0.15) is 31.3 Å². The molecule has 1 unspecified atom stereocenters. The van der Waals surface area contributed by atoms with Gasteiger partial charge in [-0.05, 0) is 55.3 Å². The van der Waals surface area contributed by atoms with Crippen molar-refractivity contribution in [1.82, 2.24) is 15.0 Å². The molecule has 2 heterocycles. The summed E-state index contributed by atoms with van der Waals surface area (Å²) in [6.45, 7) is 0.122. The van der Waals surface area contributed by atoms with Gasteiger partial charge in [-0.3, -0.25) is 4.79 Å². The molecule has 1 aromatic heterocycles. The van der Waals surface area contributed by atoms with Crippen LogP contribution in [0.5, 0.6) is 0 Å². The quantitative estimate of drug-likeness (QED) is 0.360. The minimum Gasteiger partial charge on any atom is -0.337 e. The van der Waals surface area contributed by atoms with Crippen LogP contribution in [0.25, 0.3) is 11.4 Å². The Bertz CT molecular complexity index is 1140. The lowest BCUT2D eigenvalue weighted by Crippen LogP contribution is -2.31. The van der Waals surface area contributed by atoms with E-state index >= 15 is 0 Å². The van der Waals surface area contributed by atoms with Gasteiger partial charge in [0.15, 0.2) is 0 Å². The number of alkyl halides is 6. The molecule has 4 rings (SSSR count). The first-order valence-electron chi connectivity index (χ1n) is 9.63. The van der Waals surface area contributed by atoms with Gasteiger partial charge in [0.1, 0.15) is 6.04 Å². The van der Waals surface area contributed by atoms with Crippen molar-refractivity contribution in [1.29, 1.82) is 0 Å². The Labute approximate surface area is 191 Å². The third kappa shape index (κ3) is 4.90. The molecule has 174 valence electrons. The summed E-state index contributed by atoms with van der Waals surface area (Å²) >= 11 is 3.31. The van der Waals surface area contributed by atoms with Crippen molar-refractivity contribution in [3.05, 3.63) is 69.5 Å². The van der Waals surface area contributed by atoms with Crippen LogP contribution < -0.4 is 0 Å². The molecule has 12 heteroatoms. The van der Waals surface area contributed by atoms with Crippen molar-refractivity contribution < 1.29 is 35.7 Å². The van der Waals surface area contributed by atoms with Crippen LogP contribution in [0.1, 0.15) is 46.3 Å². The van der Waals surface area contributed by atoms with Crippen LogP contribution in [-0.4, -0.2) is 27.5 Å². The summed E-state index contributed by atoms with van der Waals surface area (Å²) in [6, 6.07) is 7.07. The Kier molecular flexibility index (Phi) is 5.97. The molecular weight excluding hydrogens is 520 g/mol. The number of rotatable bonds is 3. The number of carbonyl (C=O) groups is 1. The predicted octanol–water partition coefficient (Wildman–Crippen LogP) is 6.51. The van der Waals surface area contributed by atoms with Crippen molar-refractivity contribution in [3.63, 3.8) is 0 Å². The third-order valence-electron chi connectivity index (χ3n) is 5.18. The van der Waals surface area contributed by atoms with E-state index in [0.29, 0.717) is 30.5 Å². The van der Waals surface area contributed by atoms with Gasteiger partial charge >= 0.3 is 12.4 Å². The highest BCUT2D eigenvalue weighted by Gasteiger charge is 2.40. The summed E-state index contributed by atoms with van der Waals surface area (Å²) < 4.78 is 85.2. The molecule has 0 radical (unpaired) electrons. The van der Waals surface area contributed by atoms with Gasteiger partial charge in [0.2, 0.25) is 11.7 Å². The van der Waals surface area contributed by atoms with Gasteiger partial charge in [-0.25, -0.2) is 0 Å². The molecule has 3 aromatic rings. The van der Waals surface area contributed by atoms with Gasteiger partial charge in [-0.15, -0.1) is 0 Å². The van der Waals surface area contributed by atoms with E-state index in [1.165, 1.54) is 0 Å². The second kappa shape index (κ2) is 8.47. The van der Waals surface area contributed by atoms with Crippen LogP contribution in [0.2, 0.25) is 0 Å². The molecular formula is C21H14BrF6N3O2. The van der Waals surface area contributed by atoms with Gasteiger partial charge in [-0.1, -0.05) is 21.1 Å². The Morgan fingerprint density at radius 3 is 2.18 bits per heavy atom. The summed E-state index contributed by atoms with van der Waals surface area (Å²) in [5, 5.41) is 3.88. The molecule has 5 nitrogen and oxygen atoms in total. The summed E-state index contributed by atoms with van der Waals surface area (Å²) in [7, 11) is 0. The van der Waals surface area contributed by atoms with Crippen LogP contribution in [0.4, 0.5) is 26.3 Å². The maximum Gasteiger partial charge on any atom is 0.416 e. The Morgan fingerprint density at radius 1 is 1.00 bits per heavy atom. The van der Waals surface area contributed by atoms with Crippen LogP contribution in [0.15, 0.2) is 51.5 Å². The molecule has 2 aromatic carbocycles. The number of nitrogens with zero attached hydrogens (tertiary/aromatic N) is 3. The zero-order valence-electron chi connectivity index (χ0n) is 16.5. The van der Waals surface area contributed by atoms with E-state index in [0.717, 1.165) is 9.37 Å². The molecule has 0 saturated carbocycles. The molecule has 0 bridgehead atoms. The first-order chi connectivity index (χ1) is 15.4. The summed E-state index contributed by atoms with van der Waals surface area (Å²) in [5.41, 5.74) is -3.17. The Balaban J connectivity index is 1.65. The summed E-state index contributed by atoms with van der Waals surface area (Å²) in [6.07, 6.45) is -9.25. The number of amides is 1. The number of halogens is 7. The number of aromatic nitrogens is 2. The molecule has 0 aliphatic carbocycles. The van der Waals surface area contributed by atoms with Crippen molar-refractivity contribution in [2.45, 2.75) is 31.2 Å². The van der Waals surface area contributed by atoms with Crippen molar-refractivity contribution in [2.75, 3.05) is 6.54 Å². The average molecular weight is 534 g/mol. The van der Waals surface area contributed by atoms with Gasteiger partial charge < -0.3 is 9.42 Å². The molecule has 1 atom stereocenters. The first kappa shape index (κ1) is 23.3. The van der Waals surface area contributed by atoms with E-state index in [4.69, 9.17) is 4.52 Å². The van der Waals surface area contributed by atoms with E-state index < -0.39 is 41.0 Å². The summed E-state index contributed by atoms with van der Waals surface area (Å²) in [5.74, 6) is -0.672. The fraction of sp³-hybridized carbons (Fsp3) is 0.286. The molecule has 33 heavy (non-hydrogen) atoms. The van der Waals surface area contributed by atoms with Gasteiger partial charge in [0, 0.05) is 22.1 Å². The minimum absolute atomic E-state index is 0.0132. The van der Waals surface area contributed by atoms with Crippen LogP contribution in [-0.2, 0) is 12.4 Å². The molecule has 0 spiro atoms. The molecule has 1 fully saturated rings. The molecule has 1 saturated heterocycles. The lowest BCUT2D eigenvalue weighted by molar-refractivity contribution is -0.143. The smallest absolute Gasteiger partial charge is 0.337 e. The topological polar surface area (TPSA) is 59.2 Å². The maximum atomic E-state index is 13.2. The average Bonchev–Trinajstić information content (AvgIpc) is 3.41. The SMILES string of the molecule is O=C(c1cc(C(F)(F)F)cc(C(F)(F)F)c1)N1CCCC1c1nc(-c2ccc(Br)cc2)no1. The fourth-order valence-corrected chi connectivity index (χ4v) is 3.86. The molecule has 1 aliphatic rings. The van der Waals surface area contributed by atoms with E-state index in [-0.39, 0.29) is 24.3 Å². The molecule has 1 aliphatic heterocycles. The number of hydrogen-bond donors (Lipinski definition) is 0. The van der Waals surface area contributed by atoms with Crippen molar-refractivity contribution in [3.8, 4) is 11.4 Å². The van der Waals surface area contributed by atoms with E-state index in [2.05, 4.69) is 26.1 Å². The molecule has 0 N–H and O–H groups in total. The maximum absolute atomic E-state index is 13.2. The number of hydrogen-bond acceptors (Lipinski definition) is 4. The first-order valence-corrected chi connectivity index (χ1v) is 10.4. The fourth-order valence-electron chi connectivity index (χ4n) is 3.60. The normalized spacial score (nSPS) is 16.9. The van der Waals surface area contributed by atoms with E-state index in [9.17, 15) is 31.1 Å². The zero-order chi connectivity index (χ0) is 24.0.